The first-order valence-electron chi connectivity index (χ1n) is 12.1. The van der Waals surface area contributed by atoms with Gasteiger partial charge in [-0.05, 0) is 62.6 Å². The summed E-state index contributed by atoms with van der Waals surface area (Å²) in [5, 5.41) is 5.15. The fraction of sp³-hybridized carbons (Fsp3) is 0.400. The van der Waals surface area contributed by atoms with E-state index in [4.69, 9.17) is 10.5 Å². The number of rotatable bonds is 8. The van der Waals surface area contributed by atoms with Gasteiger partial charge in [0.05, 0.1) is 24.6 Å². The van der Waals surface area contributed by atoms with Crippen LogP contribution in [-0.4, -0.2) is 58.7 Å². The number of ether oxygens (including phenoxy) is 3. The van der Waals surface area contributed by atoms with E-state index in [1.807, 2.05) is 0 Å². The fourth-order valence-electron chi connectivity index (χ4n) is 4.21. The number of nitrogens with zero attached hydrogens (tertiary/aromatic N) is 2. The summed E-state index contributed by atoms with van der Waals surface area (Å²) in [7, 11) is 0. The van der Waals surface area contributed by atoms with Crippen LogP contribution in [0.5, 0.6) is 11.5 Å². The highest BCUT2D eigenvalue weighted by Gasteiger charge is 2.55. The first-order chi connectivity index (χ1) is 18.4. The Morgan fingerprint density at radius 3 is 2.59 bits per heavy atom. The maximum absolute atomic E-state index is 13.3. The predicted molar refractivity (Wildman–Crippen MR) is 131 cm³/mol. The predicted octanol–water partition coefficient (Wildman–Crippen LogP) is 2.09. The van der Waals surface area contributed by atoms with Gasteiger partial charge >= 0.3 is 18.3 Å². The van der Waals surface area contributed by atoms with E-state index in [2.05, 4.69) is 25.1 Å². The van der Waals surface area contributed by atoms with Crippen molar-refractivity contribution < 1.29 is 42.2 Å². The molecule has 2 aliphatic rings. The number of aromatic nitrogens is 1. The standard InChI is InChI=1S/C25H27F2N5O7/c1-4-37-23(35)20-16(9-14-7-8-29-19(10-14)31-21(33)12(2)28)22(34)32(20)24(36)30-13(3)15-5-6-17-18(11-15)39-25(26,27)38-17/h5-8,10-13,16,20H,4,9,28H2,1-3H3,(H,30,36)(H,29,31,33)/t12-,13?,16+,20-/m0/s1. The van der Waals surface area contributed by atoms with Gasteiger partial charge in [-0.25, -0.2) is 19.5 Å². The molecular weight excluding hydrogens is 520 g/mol. The molecule has 1 unspecified atom stereocenters. The van der Waals surface area contributed by atoms with E-state index in [9.17, 15) is 28.0 Å². The lowest BCUT2D eigenvalue weighted by Gasteiger charge is -2.44. The van der Waals surface area contributed by atoms with Crippen molar-refractivity contribution in [3.05, 3.63) is 47.7 Å². The smallest absolute Gasteiger partial charge is 0.464 e. The van der Waals surface area contributed by atoms with E-state index < -0.39 is 54.2 Å². The largest absolute Gasteiger partial charge is 0.586 e. The molecule has 1 fully saturated rings. The van der Waals surface area contributed by atoms with Gasteiger partial charge in [-0.15, -0.1) is 8.78 Å². The third kappa shape index (κ3) is 5.90. The lowest BCUT2D eigenvalue weighted by molar-refractivity contribution is -0.286. The van der Waals surface area contributed by atoms with Gasteiger partial charge in [-0.1, -0.05) is 6.07 Å². The van der Waals surface area contributed by atoms with E-state index in [-0.39, 0.29) is 30.3 Å². The molecule has 4 N–H and O–H groups in total. The molecule has 2 aromatic rings. The van der Waals surface area contributed by atoms with Crippen molar-refractivity contribution >= 4 is 29.6 Å². The summed E-state index contributed by atoms with van der Waals surface area (Å²) < 4.78 is 40.6. The maximum atomic E-state index is 13.3. The van der Waals surface area contributed by atoms with Crippen molar-refractivity contribution in [3.63, 3.8) is 0 Å². The fourth-order valence-corrected chi connectivity index (χ4v) is 4.21. The van der Waals surface area contributed by atoms with E-state index >= 15 is 0 Å². The number of hydrogen-bond donors (Lipinski definition) is 3. The summed E-state index contributed by atoms with van der Waals surface area (Å²) in [6.07, 6.45) is -2.28. The molecule has 1 aromatic heterocycles. The summed E-state index contributed by atoms with van der Waals surface area (Å²) in [6, 6.07) is 3.63. The zero-order chi connectivity index (χ0) is 28.5. The number of pyridine rings is 1. The summed E-state index contributed by atoms with van der Waals surface area (Å²) in [5.74, 6) is -2.84. The minimum atomic E-state index is -3.79. The molecule has 14 heteroatoms. The minimum absolute atomic E-state index is 0.0344. The van der Waals surface area contributed by atoms with Gasteiger partial charge in [-0.2, -0.15) is 0 Å². The molecular formula is C25H27F2N5O7. The Morgan fingerprint density at radius 1 is 1.18 bits per heavy atom. The van der Waals surface area contributed by atoms with Crippen LogP contribution in [0.3, 0.4) is 0 Å². The number of nitrogens with one attached hydrogen (secondary N) is 2. The van der Waals surface area contributed by atoms with Crippen molar-refractivity contribution in [3.8, 4) is 11.5 Å². The van der Waals surface area contributed by atoms with Gasteiger partial charge < -0.3 is 30.6 Å². The molecule has 0 aliphatic carbocycles. The second kappa shape index (κ2) is 10.8. The van der Waals surface area contributed by atoms with Gasteiger partial charge in [-0.3, -0.25) is 9.59 Å². The van der Waals surface area contributed by atoms with Crippen LogP contribution >= 0.6 is 0 Å². The number of benzene rings is 1. The van der Waals surface area contributed by atoms with Crippen molar-refractivity contribution in [2.75, 3.05) is 11.9 Å². The van der Waals surface area contributed by atoms with Crippen molar-refractivity contribution in [1.29, 1.82) is 0 Å². The number of anilines is 1. The number of carbonyl (C=O) groups excluding carboxylic acids is 4. The Hall–Kier alpha value is -4.33. The lowest BCUT2D eigenvalue weighted by atomic mass is 9.82. The second-order valence-corrected chi connectivity index (χ2v) is 9.09. The van der Waals surface area contributed by atoms with Crippen LogP contribution in [0.2, 0.25) is 0 Å². The van der Waals surface area contributed by atoms with E-state index in [0.717, 1.165) is 4.90 Å². The molecule has 1 saturated heterocycles. The highest BCUT2D eigenvalue weighted by atomic mass is 19.3. The Balaban J connectivity index is 1.47. The highest BCUT2D eigenvalue weighted by Crippen LogP contribution is 2.42. The van der Waals surface area contributed by atoms with Crippen LogP contribution in [0.1, 0.15) is 37.9 Å². The normalized spacial score (nSPS) is 20.5. The molecule has 0 saturated carbocycles. The molecule has 39 heavy (non-hydrogen) atoms. The van der Waals surface area contributed by atoms with Crippen molar-refractivity contribution in [2.45, 2.75) is 51.6 Å². The number of urea groups is 1. The molecule has 0 spiro atoms. The van der Waals surface area contributed by atoms with Crippen LogP contribution < -0.4 is 25.8 Å². The SMILES string of the molecule is CCOC(=O)[C@@H]1[C@@H](Cc2ccnc(NC(=O)[C@H](C)N)c2)C(=O)N1C(=O)NC(C)c1ccc2c(c1)OC(F)(F)O2. The monoisotopic (exact) mass is 547 g/mol. The molecule has 2 aliphatic heterocycles. The van der Waals surface area contributed by atoms with E-state index in [1.54, 1.807) is 26.0 Å². The number of carbonyl (C=O) groups is 4. The molecule has 208 valence electrons. The summed E-state index contributed by atoms with van der Waals surface area (Å²) in [5.41, 5.74) is 6.55. The van der Waals surface area contributed by atoms with Crippen LogP contribution in [0, 0.1) is 5.92 Å². The number of likely N-dealkylation sites (tertiary alicyclic amines) is 1. The maximum Gasteiger partial charge on any atom is 0.586 e. The van der Waals surface area contributed by atoms with Crippen LogP contribution in [0.25, 0.3) is 0 Å². The Bertz CT molecular complexity index is 1310. The van der Waals surface area contributed by atoms with Crippen molar-refractivity contribution in [2.24, 2.45) is 11.7 Å². The second-order valence-electron chi connectivity index (χ2n) is 9.09. The third-order valence-electron chi connectivity index (χ3n) is 6.17. The third-order valence-corrected chi connectivity index (χ3v) is 6.17. The zero-order valence-electron chi connectivity index (χ0n) is 21.3. The van der Waals surface area contributed by atoms with E-state index in [0.29, 0.717) is 11.1 Å². The number of β-lactam (4-membered cyclic amide) rings is 1. The number of amides is 4. The van der Waals surface area contributed by atoms with Crippen LogP contribution in [-0.2, 0) is 25.5 Å². The number of fused-ring (bicyclic) bond motifs is 1. The van der Waals surface area contributed by atoms with Gasteiger partial charge in [0.25, 0.3) is 0 Å². The molecule has 0 radical (unpaired) electrons. The van der Waals surface area contributed by atoms with Crippen molar-refractivity contribution in [1.82, 2.24) is 15.2 Å². The van der Waals surface area contributed by atoms with Crippen LogP contribution in [0.4, 0.5) is 19.4 Å². The minimum Gasteiger partial charge on any atom is -0.464 e. The molecule has 4 amide bonds. The first-order valence-corrected chi connectivity index (χ1v) is 12.1. The van der Waals surface area contributed by atoms with Gasteiger partial charge in [0, 0.05) is 6.20 Å². The number of imide groups is 1. The lowest BCUT2D eigenvalue weighted by Crippen LogP contribution is -2.69. The zero-order valence-corrected chi connectivity index (χ0v) is 21.3. The molecule has 3 heterocycles. The Morgan fingerprint density at radius 2 is 1.90 bits per heavy atom. The average molecular weight is 548 g/mol. The summed E-state index contributed by atoms with van der Waals surface area (Å²) in [6.45, 7) is 4.72. The van der Waals surface area contributed by atoms with Gasteiger partial charge in [0.1, 0.15) is 5.82 Å². The number of alkyl halides is 2. The number of hydrogen-bond acceptors (Lipinski definition) is 9. The first kappa shape index (κ1) is 27.7. The molecule has 4 atom stereocenters. The van der Waals surface area contributed by atoms with Gasteiger partial charge in [0.2, 0.25) is 11.8 Å². The Kier molecular flexibility index (Phi) is 7.67. The molecule has 4 rings (SSSR count). The summed E-state index contributed by atoms with van der Waals surface area (Å²) in [4.78, 5) is 55.6. The molecule has 1 aromatic carbocycles. The topological polar surface area (TPSA) is 162 Å². The van der Waals surface area contributed by atoms with Gasteiger partial charge in [0.15, 0.2) is 17.5 Å². The number of esters is 1. The number of halogens is 2. The average Bonchev–Trinajstić information content (AvgIpc) is 3.18. The molecule has 0 bridgehead atoms. The summed E-state index contributed by atoms with van der Waals surface area (Å²) >= 11 is 0. The Labute approximate surface area is 221 Å². The van der Waals surface area contributed by atoms with E-state index in [1.165, 1.54) is 31.3 Å². The quantitative estimate of drug-likeness (QED) is 0.332. The number of nitrogens with two attached hydrogens (primary N) is 1. The highest BCUT2D eigenvalue weighted by molar-refractivity contribution is 6.08. The molecule has 12 nitrogen and oxygen atoms in total. The van der Waals surface area contributed by atoms with Crippen LogP contribution in [0.15, 0.2) is 36.5 Å².